The quantitative estimate of drug-likeness (QED) is 0.428. The van der Waals surface area contributed by atoms with E-state index < -0.39 is 16.3 Å². The highest BCUT2D eigenvalue weighted by atomic mass is 79.9. The molecule has 0 spiro atoms. The zero-order chi connectivity index (χ0) is 15.7. The summed E-state index contributed by atoms with van der Waals surface area (Å²) in [7, 11) is 0. The summed E-state index contributed by atoms with van der Waals surface area (Å²) in [5.74, 6) is -1.28. The molecule has 4 nitrogen and oxygen atoms in total. The molecule has 0 amide bonds. The lowest BCUT2D eigenvalue weighted by molar-refractivity contribution is -0.158. The van der Waals surface area contributed by atoms with Gasteiger partial charge in [0.1, 0.15) is 0 Å². The third-order valence-electron chi connectivity index (χ3n) is 2.71. The number of hydrogen-bond acceptors (Lipinski definition) is 4. The lowest BCUT2D eigenvalue weighted by Crippen LogP contribution is -2.43. The van der Waals surface area contributed by atoms with Crippen LogP contribution in [0.15, 0.2) is 36.4 Å². The Balaban J connectivity index is 2.84. The van der Waals surface area contributed by atoms with Gasteiger partial charge in [0.15, 0.2) is 0 Å². The number of carbonyl (C=O) groups is 2. The van der Waals surface area contributed by atoms with Gasteiger partial charge in [0.25, 0.3) is 0 Å². The van der Waals surface area contributed by atoms with Crippen molar-refractivity contribution in [1.29, 1.82) is 0 Å². The van der Waals surface area contributed by atoms with Crippen molar-refractivity contribution in [2.75, 3.05) is 13.2 Å². The van der Waals surface area contributed by atoms with Gasteiger partial charge in [-0.1, -0.05) is 58.4 Å². The van der Waals surface area contributed by atoms with Crippen LogP contribution in [0, 0.1) is 0 Å². The van der Waals surface area contributed by atoms with Gasteiger partial charge in [-0.3, -0.25) is 0 Å². The van der Waals surface area contributed by atoms with Gasteiger partial charge in [-0.25, -0.2) is 9.59 Å². The Kier molecular flexibility index (Phi) is 7.15. The van der Waals surface area contributed by atoms with E-state index in [0.29, 0.717) is 0 Å². The number of carbonyl (C=O) groups excluding carboxylic acids is 2. The van der Waals surface area contributed by atoms with Gasteiger partial charge in [0, 0.05) is 6.42 Å². The van der Waals surface area contributed by atoms with Crippen molar-refractivity contribution in [3.8, 4) is 0 Å². The predicted octanol–water partition coefficient (Wildman–Crippen LogP) is 3.35. The summed E-state index contributed by atoms with van der Waals surface area (Å²) in [6, 6.07) is 9.61. The molecule has 0 fully saturated rings. The van der Waals surface area contributed by atoms with Crippen LogP contribution < -0.4 is 0 Å². The molecule has 5 heteroatoms. The van der Waals surface area contributed by atoms with E-state index in [1.54, 1.807) is 19.9 Å². The van der Waals surface area contributed by atoms with Crippen LogP contribution in [-0.2, 0) is 19.1 Å². The summed E-state index contributed by atoms with van der Waals surface area (Å²) in [4.78, 5) is 24.0. The molecule has 0 saturated carbocycles. The molecule has 0 aliphatic rings. The van der Waals surface area contributed by atoms with Crippen molar-refractivity contribution in [1.82, 2.24) is 0 Å². The second-order valence-corrected chi connectivity index (χ2v) is 5.61. The normalized spacial score (nSPS) is 11.4. The Bertz CT molecular complexity index is 478. The maximum atomic E-state index is 12.0. The third kappa shape index (κ3) is 5.01. The maximum Gasteiger partial charge on any atom is 0.334 e. The molecule has 1 aromatic carbocycles. The first kappa shape index (κ1) is 17.4. The van der Waals surface area contributed by atoms with Crippen molar-refractivity contribution < 1.29 is 19.1 Å². The minimum atomic E-state index is -1.50. The Morgan fingerprint density at radius 3 is 2.10 bits per heavy atom. The van der Waals surface area contributed by atoms with Gasteiger partial charge >= 0.3 is 11.9 Å². The first-order valence-corrected chi connectivity index (χ1v) is 7.58. The number of esters is 2. The van der Waals surface area contributed by atoms with Crippen molar-refractivity contribution in [3.05, 3.63) is 42.0 Å². The molecular formula is C16H19BrO4. The van der Waals surface area contributed by atoms with Crippen LogP contribution in [0.5, 0.6) is 0 Å². The largest absolute Gasteiger partial charge is 0.464 e. The van der Waals surface area contributed by atoms with E-state index in [0.717, 1.165) is 5.56 Å². The van der Waals surface area contributed by atoms with Gasteiger partial charge in [-0.05, 0) is 19.4 Å². The molecule has 114 valence electrons. The van der Waals surface area contributed by atoms with E-state index in [1.165, 1.54) is 0 Å². The van der Waals surface area contributed by atoms with Gasteiger partial charge < -0.3 is 9.47 Å². The fourth-order valence-corrected chi connectivity index (χ4v) is 2.08. The van der Waals surface area contributed by atoms with E-state index in [-0.39, 0.29) is 19.6 Å². The number of halogens is 1. The van der Waals surface area contributed by atoms with Gasteiger partial charge in [0.05, 0.1) is 13.2 Å². The smallest absolute Gasteiger partial charge is 0.334 e. The Morgan fingerprint density at radius 2 is 1.62 bits per heavy atom. The van der Waals surface area contributed by atoms with Crippen LogP contribution >= 0.6 is 15.9 Å². The van der Waals surface area contributed by atoms with Crippen LogP contribution in [0.3, 0.4) is 0 Å². The average Bonchev–Trinajstić information content (AvgIpc) is 2.48. The number of ether oxygens (including phenoxy) is 2. The summed E-state index contributed by atoms with van der Waals surface area (Å²) in [5, 5.41) is 0. The molecule has 0 heterocycles. The Hall–Kier alpha value is -1.62. The number of benzene rings is 1. The van der Waals surface area contributed by atoms with Crippen LogP contribution in [-0.4, -0.2) is 29.5 Å². The third-order valence-corrected chi connectivity index (χ3v) is 3.68. The molecule has 0 aliphatic heterocycles. The molecule has 0 saturated heterocycles. The molecule has 0 unspecified atom stereocenters. The summed E-state index contributed by atoms with van der Waals surface area (Å²) in [6.45, 7) is 3.79. The van der Waals surface area contributed by atoms with Crippen molar-refractivity contribution in [2.45, 2.75) is 24.6 Å². The number of hydrogen-bond donors (Lipinski definition) is 0. The lowest BCUT2D eigenvalue weighted by Gasteiger charge is -2.21. The molecule has 0 atom stereocenters. The lowest BCUT2D eigenvalue weighted by atomic mass is 10.0. The topological polar surface area (TPSA) is 52.6 Å². The van der Waals surface area contributed by atoms with Crippen LogP contribution in [0.25, 0.3) is 6.08 Å². The minimum absolute atomic E-state index is 0.152. The molecule has 0 aromatic heterocycles. The van der Waals surface area contributed by atoms with E-state index in [1.807, 2.05) is 36.4 Å². The summed E-state index contributed by atoms with van der Waals surface area (Å²) in [5.41, 5.74) is 0.986. The summed E-state index contributed by atoms with van der Waals surface area (Å²) < 4.78 is 8.42. The second kappa shape index (κ2) is 8.62. The monoisotopic (exact) mass is 354 g/mol. The van der Waals surface area contributed by atoms with Crippen molar-refractivity contribution in [3.63, 3.8) is 0 Å². The van der Waals surface area contributed by atoms with Crippen LogP contribution in [0.2, 0.25) is 0 Å². The SMILES string of the molecule is CCOC(=O)C(Br)(C/C=C/c1ccccc1)C(=O)OCC. The average molecular weight is 355 g/mol. The highest BCUT2D eigenvalue weighted by Gasteiger charge is 2.45. The van der Waals surface area contributed by atoms with Crippen LogP contribution in [0.1, 0.15) is 25.8 Å². The highest BCUT2D eigenvalue weighted by Crippen LogP contribution is 2.27. The fourth-order valence-electron chi connectivity index (χ4n) is 1.66. The molecular weight excluding hydrogens is 336 g/mol. The molecule has 0 radical (unpaired) electrons. The van der Waals surface area contributed by atoms with E-state index in [2.05, 4.69) is 15.9 Å². The summed E-state index contributed by atoms with van der Waals surface area (Å²) in [6.07, 6.45) is 3.74. The van der Waals surface area contributed by atoms with Crippen molar-refractivity contribution >= 4 is 33.9 Å². The Labute approximate surface area is 133 Å². The van der Waals surface area contributed by atoms with E-state index in [9.17, 15) is 9.59 Å². The molecule has 1 aromatic rings. The number of rotatable bonds is 7. The van der Waals surface area contributed by atoms with E-state index in [4.69, 9.17) is 9.47 Å². The fraction of sp³-hybridized carbons (Fsp3) is 0.375. The van der Waals surface area contributed by atoms with Gasteiger partial charge in [-0.15, -0.1) is 0 Å². The number of allylic oxidation sites excluding steroid dienone is 1. The molecule has 1 rings (SSSR count). The van der Waals surface area contributed by atoms with Gasteiger partial charge in [-0.2, -0.15) is 0 Å². The second-order valence-electron chi connectivity index (χ2n) is 4.26. The first-order chi connectivity index (χ1) is 10.0. The van der Waals surface area contributed by atoms with E-state index >= 15 is 0 Å². The van der Waals surface area contributed by atoms with Crippen LogP contribution in [0.4, 0.5) is 0 Å². The molecule has 21 heavy (non-hydrogen) atoms. The first-order valence-electron chi connectivity index (χ1n) is 6.79. The standard InChI is InChI=1S/C16H19BrO4/c1-3-20-14(18)16(17,15(19)21-4-2)12-8-11-13-9-6-5-7-10-13/h5-11H,3-4,12H2,1-2H3/b11-8+. The Morgan fingerprint density at radius 1 is 1.10 bits per heavy atom. The maximum absolute atomic E-state index is 12.0. The molecule has 0 aliphatic carbocycles. The molecule has 0 bridgehead atoms. The zero-order valence-electron chi connectivity index (χ0n) is 12.2. The summed E-state index contributed by atoms with van der Waals surface area (Å²) >= 11 is 3.19. The predicted molar refractivity (Wildman–Crippen MR) is 85.0 cm³/mol. The van der Waals surface area contributed by atoms with Gasteiger partial charge in [0.2, 0.25) is 4.32 Å². The minimum Gasteiger partial charge on any atom is -0.464 e. The zero-order valence-corrected chi connectivity index (χ0v) is 13.8. The number of alkyl halides is 1. The molecule has 0 N–H and O–H groups in total. The highest BCUT2D eigenvalue weighted by molar-refractivity contribution is 9.10. The van der Waals surface area contributed by atoms with Crippen molar-refractivity contribution in [2.24, 2.45) is 0 Å².